The van der Waals surface area contributed by atoms with Crippen LogP contribution in [0.15, 0.2) is 78.3 Å². The van der Waals surface area contributed by atoms with Crippen LogP contribution in [0.1, 0.15) is 49.9 Å². The predicted octanol–water partition coefficient (Wildman–Crippen LogP) is 7.95. The minimum absolute atomic E-state index is 0.0131. The number of benzene rings is 2. The smallest absolute Gasteiger partial charge is 0.331 e. The number of nitrogens with one attached hydrogen (secondary N) is 1. The molecule has 0 radical (unpaired) electrons. The molecule has 0 spiro atoms. The fourth-order valence-electron chi connectivity index (χ4n) is 6.92. The number of piperidine rings is 1. The average Bonchev–Trinajstić information content (AvgIpc) is 3.35. The molecule has 2 aromatic carbocycles. The standard InChI is InChI=1S/C36H38F6N4O2/c1-4-26(36(40,41)42)10-11-27(20-37)44-34(48)30-19-28(46-15-13-35(38,39)14-16-46)18-29(31(30)21-47)24-7-5-23(6-8-24)25-9-12-33-32(17-25)43-22(2)45(33)3/h4-12,17,20-21,28-31H,13-16,18-19H2,1-3H3,(H,44,48)/b11-10-,26-4+,27-20-/t28?,29-,30-,31?/m0/s1. The van der Waals surface area contributed by atoms with Crippen molar-refractivity contribution in [2.75, 3.05) is 13.1 Å². The molecule has 2 aliphatic rings. The number of halogens is 6. The van der Waals surface area contributed by atoms with Gasteiger partial charge in [-0.3, -0.25) is 9.69 Å². The highest BCUT2D eigenvalue weighted by Crippen LogP contribution is 2.44. The molecule has 48 heavy (non-hydrogen) atoms. The highest BCUT2D eigenvalue weighted by atomic mass is 19.4. The second-order valence-corrected chi connectivity index (χ2v) is 12.6. The number of nitrogens with zero attached hydrogens (tertiary/aromatic N) is 3. The Kier molecular flexibility index (Phi) is 10.3. The number of hydrogen-bond acceptors (Lipinski definition) is 4. The second kappa shape index (κ2) is 14.1. The molecule has 2 heterocycles. The lowest BCUT2D eigenvalue weighted by atomic mass is 9.67. The average molecular weight is 673 g/mol. The molecule has 1 saturated heterocycles. The van der Waals surface area contributed by atoms with Gasteiger partial charge in [-0.05, 0) is 73.6 Å². The van der Waals surface area contributed by atoms with Gasteiger partial charge in [-0.15, -0.1) is 0 Å². The minimum atomic E-state index is -4.67. The molecular formula is C36H38F6N4O2. The van der Waals surface area contributed by atoms with Crippen molar-refractivity contribution in [1.29, 1.82) is 0 Å². The molecule has 3 aromatic rings. The number of carbonyl (C=O) groups excluding carboxylic acids is 2. The van der Waals surface area contributed by atoms with Gasteiger partial charge in [0.2, 0.25) is 5.91 Å². The van der Waals surface area contributed by atoms with Gasteiger partial charge in [-0.1, -0.05) is 36.4 Å². The van der Waals surface area contributed by atoms with Crippen molar-refractivity contribution in [1.82, 2.24) is 19.8 Å². The van der Waals surface area contributed by atoms with Gasteiger partial charge in [0.15, 0.2) is 0 Å². The molecule has 6 nitrogen and oxygen atoms in total. The Morgan fingerprint density at radius 2 is 1.69 bits per heavy atom. The SMILES string of the molecule is C\C=C(/C=C\C(=C\F)NC(=O)[C@H]1CC(N2CCC(F)(F)CC2)C[C@@H](c2ccc(-c3ccc4c(c3)nc(C)n4C)cc2)C1C=O)C(F)(F)F. The Bertz CT molecular complexity index is 1730. The summed E-state index contributed by atoms with van der Waals surface area (Å²) in [6.45, 7) is 3.34. The van der Waals surface area contributed by atoms with Gasteiger partial charge in [-0.25, -0.2) is 18.2 Å². The van der Waals surface area contributed by atoms with Crippen LogP contribution in [0.5, 0.6) is 0 Å². The Labute approximate surface area is 275 Å². The van der Waals surface area contributed by atoms with Crippen molar-refractivity contribution in [3.63, 3.8) is 0 Å². The molecule has 0 bridgehead atoms. The van der Waals surface area contributed by atoms with Crippen molar-refractivity contribution in [3.05, 3.63) is 89.7 Å². The zero-order chi connectivity index (χ0) is 34.8. The molecule has 256 valence electrons. The van der Waals surface area contributed by atoms with Gasteiger partial charge in [0, 0.05) is 50.9 Å². The van der Waals surface area contributed by atoms with Crippen LogP contribution in [0.25, 0.3) is 22.2 Å². The Hall–Kier alpha value is -4.19. The number of hydrogen-bond donors (Lipinski definition) is 1. The van der Waals surface area contributed by atoms with E-state index in [9.17, 15) is 35.9 Å². The molecule has 1 aromatic heterocycles. The quantitative estimate of drug-likeness (QED) is 0.150. The van der Waals surface area contributed by atoms with Crippen molar-refractivity contribution in [2.24, 2.45) is 18.9 Å². The molecule has 1 aliphatic heterocycles. The summed E-state index contributed by atoms with van der Waals surface area (Å²) >= 11 is 0. The number of imidazole rings is 1. The number of aryl methyl sites for hydroxylation is 2. The summed E-state index contributed by atoms with van der Waals surface area (Å²) in [7, 11) is 1.95. The number of aldehydes is 1. The van der Waals surface area contributed by atoms with Gasteiger partial charge in [0.1, 0.15) is 18.4 Å². The molecule has 2 unspecified atom stereocenters. The van der Waals surface area contributed by atoms with Crippen molar-refractivity contribution in [2.45, 2.75) is 63.6 Å². The van der Waals surface area contributed by atoms with Crippen LogP contribution < -0.4 is 5.32 Å². The summed E-state index contributed by atoms with van der Waals surface area (Å²) in [4.78, 5) is 32.8. The largest absolute Gasteiger partial charge is 0.416 e. The van der Waals surface area contributed by atoms with Gasteiger partial charge in [-0.2, -0.15) is 13.2 Å². The number of likely N-dealkylation sites (tertiary alicyclic amines) is 1. The molecule has 12 heteroatoms. The molecular weight excluding hydrogens is 634 g/mol. The zero-order valence-corrected chi connectivity index (χ0v) is 26.9. The summed E-state index contributed by atoms with van der Waals surface area (Å²) in [5.41, 5.74) is 2.95. The highest BCUT2D eigenvalue weighted by Gasteiger charge is 2.45. The molecule has 1 aliphatic carbocycles. The fourth-order valence-corrected chi connectivity index (χ4v) is 6.92. The predicted molar refractivity (Wildman–Crippen MR) is 172 cm³/mol. The zero-order valence-electron chi connectivity index (χ0n) is 26.9. The number of aromatic nitrogens is 2. The van der Waals surface area contributed by atoms with Crippen LogP contribution in [0.4, 0.5) is 26.3 Å². The first-order valence-corrected chi connectivity index (χ1v) is 15.9. The number of carbonyl (C=O) groups is 2. The molecule has 1 saturated carbocycles. The van der Waals surface area contributed by atoms with Crippen LogP contribution in [-0.2, 0) is 16.6 Å². The lowest BCUT2D eigenvalue weighted by Gasteiger charge is -2.45. The number of alkyl halides is 5. The Balaban J connectivity index is 1.42. The summed E-state index contributed by atoms with van der Waals surface area (Å²) in [6, 6.07) is 13.3. The van der Waals surface area contributed by atoms with E-state index in [2.05, 4.69) is 10.3 Å². The first-order chi connectivity index (χ1) is 22.7. The molecule has 1 N–H and O–H groups in total. The van der Waals surface area contributed by atoms with Crippen molar-refractivity contribution in [3.8, 4) is 11.1 Å². The van der Waals surface area contributed by atoms with Gasteiger partial charge in [0.25, 0.3) is 5.92 Å². The van der Waals surface area contributed by atoms with E-state index < -0.39 is 47.0 Å². The lowest BCUT2D eigenvalue weighted by Crippen LogP contribution is -2.51. The highest BCUT2D eigenvalue weighted by molar-refractivity contribution is 5.85. The van der Waals surface area contributed by atoms with Crippen LogP contribution in [0.3, 0.4) is 0 Å². The van der Waals surface area contributed by atoms with E-state index >= 15 is 0 Å². The van der Waals surface area contributed by atoms with E-state index in [0.717, 1.165) is 45.7 Å². The number of rotatable bonds is 8. The van der Waals surface area contributed by atoms with Crippen molar-refractivity contribution < 1.29 is 35.9 Å². The van der Waals surface area contributed by atoms with Crippen LogP contribution in [0.2, 0.25) is 0 Å². The third-order valence-electron chi connectivity index (χ3n) is 9.76. The van der Waals surface area contributed by atoms with Crippen molar-refractivity contribution >= 4 is 23.2 Å². The van der Waals surface area contributed by atoms with Gasteiger partial charge >= 0.3 is 6.18 Å². The van der Waals surface area contributed by atoms with Crippen LogP contribution in [-0.4, -0.2) is 57.9 Å². The molecule has 2 fully saturated rings. The first-order valence-electron chi connectivity index (χ1n) is 15.9. The summed E-state index contributed by atoms with van der Waals surface area (Å²) < 4.78 is 83.4. The summed E-state index contributed by atoms with van der Waals surface area (Å²) in [5.74, 6) is -4.94. The van der Waals surface area contributed by atoms with Crippen LogP contribution in [0, 0.1) is 18.8 Å². The number of fused-ring (bicyclic) bond motifs is 1. The molecule has 5 rings (SSSR count). The van der Waals surface area contributed by atoms with Gasteiger partial charge in [0.05, 0.1) is 22.3 Å². The summed E-state index contributed by atoms with van der Waals surface area (Å²) in [6.07, 6.45) is -1.80. The van der Waals surface area contributed by atoms with E-state index in [-0.39, 0.29) is 44.7 Å². The maximum absolute atomic E-state index is 14.0. The third-order valence-corrected chi connectivity index (χ3v) is 9.76. The number of allylic oxidation sites excluding steroid dienone is 4. The topological polar surface area (TPSA) is 67.2 Å². The first kappa shape index (κ1) is 35.1. The third kappa shape index (κ3) is 7.59. The van der Waals surface area contributed by atoms with E-state index in [1.54, 1.807) is 0 Å². The van der Waals surface area contributed by atoms with E-state index in [0.29, 0.717) is 18.8 Å². The Morgan fingerprint density at radius 1 is 1.02 bits per heavy atom. The normalized spacial score (nSPS) is 24.3. The summed E-state index contributed by atoms with van der Waals surface area (Å²) in [5, 5.41) is 2.35. The van der Waals surface area contributed by atoms with E-state index in [4.69, 9.17) is 0 Å². The van der Waals surface area contributed by atoms with E-state index in [1.807, 2.05) is 65.9 Å². The lowest BCUT2D eigenvalue weighted by molar-refractivity contribution is -0.133. The molecule has 4 atom stereocenters. The maximum Gasteiger partial charge on any atom is 0.416 e. The second-order valence-electron chi connectivity index (χ2n) is 12.6. The number of amides is 1. The minimum Gasteiger partial charge on any atom is -0.331 e. The van der Waals surface area contributed by atoms with Crippen LogP contribution >= 0.6 is 0 Å². The van der Waals surface area contributed by atoms with Gasteiger partial charge < -0.3 is 14.7 Å². The molecule has 1 amide bonds. The van der Waals surface area contributed by atoms with E-state index in [1.165, 1.54) is 6.92 Å². The maximum atomic E-state index is 14.0. The Morgan fingerprint density at radius 3 is 2.29 bits per heavy atom. The monoisotopic (exact) mass is 672 g/mol. The fraction of sp³-hybridized carbons (Fsp3) is 0.417.